The van der Waals surface area contributed by atoms with Crippen LogP contribution >= 0.6 is 0 Å². The summed E-state index contributed by atoms with van der Waals surface area (Å²) in [6.45, 7) is 4.20. The van der Waals surface area contributed by atoms with Crippen LogP contribution in [0.15, 0.2) is 28.8 Å². The maximum atomic E-state index is 10.7. The summed E-state index contributed by atoms with van der Waals surface area (Å²) in [7, 11) is 0. The minimum Gasteiger partial charge on any atom is -0.334 e. The van der Waals surface area contributed by atoms with Gasteiger partial charge in [-0.25, -0.2) is 0 Å². The van der Waals surface area contributed by atoms with Crippen molar-refractivity contribution in [1.82, 2.24) is 15.0 Å². The smallest absolute Gasteiger partial charge is 0.269 e. The molecule has 3 fully saturated rings. The number of non-ortho nitro benzene ring substituents is 1. The highest BCUT2D eigenvalue weighted by Crippen LogP contribution is 2.27. The number of benzene rings is 1. The summed E-state index contributed by atoms with van der Waals surface area (Å²) in [5.41, 5.74) is 0.740. The maximum Gasteiger partial charge on any atom is 0.269 e. The Bertz CT molecular complexity index is 706. The molecule has 1 aromatic carbocycles. The third kappa shape index (κ3) is 2.65. The first-order chi connectivity index (χ1) is 11.2. The quantitative estimate of drug-likeness (QED) is 0.631. The van der Waals surface area contributed by atoms with Gasteiger partial charge in [0.25, 0.3) is 17.5 Å². The van der Waals surface area contributed by atoms with Crippen LogP contribution in [0.1, 0.15) is 12.8 Å². The molecule has 1 aromatic heterocycles. The van der Waals surface area contributed by atoms with E-state index in [-0.39, 0.29) is 5.69 Å². The van der Waals surface area contributed by atoms with Crippen molar-refractivity contribution in [3.63, 3.8) is 0 Å². The molecule has 4 heterocycles. The predicted molar refractivity (Wildman–Crippen MR) is 83.2 cm³/mol. The van der Waals surface area contributed by atoms with Crippen molar-refractivity contribution in [2.45, 2.75) is 18.9 Å². The van der Waals surface area contributed by atoms with Crippen molar-refractivity contribution >= 4 is 11.6 Å². The minimum atomic E-state index is -0.425. The second-order valence-electron chi connectivity index (χ2n) is 5.97. The van der Waals surface area contributed by atoms with Crippen LogP contribution in [0.5, 0.6) is 0 Å². The number of piperidine rings is 1. The lowest BCUT2D eigenvalue weighted by Gasteiger charge is -2.30. The van der Waals surface area contributed by atoms with Gasteiger partial charge in [-0.05, 0) is 30.1 Å². The molecule has 0 aliphatic carbocycles. The molecule has 5 rings (SSSR count). The largest absolute Gasteiger partial charge is 0.334 e. The average molecular weight is 315 g/mol. The van der Waals surface area contributed by atoms with Gasteiger partial charge in [-0.15, -0.1) is 0 Å². The van der Waals surface area contributed by atoms with Crippen LogP contribution in [0.3, 0.4) is 0 Å². The van der Waals surface area contributed by atoms with Crippen LogP contribution in [-0.4, -0.2) is 52.2 Å². The third-order valence-electron chi connectivity index (χ3n) is 4.65. The molecule has 0 atom stereocenters. The number of nitro groups is 1. The van der Waals surface area contributed by atoms with Gasteiger partial charge < -0.3 is 14.3 Å². The Morgan fingerprint density at radius 3 is 2.57 bits per heavy atom. The molecule has 8 nitrogen and oxygen atoms in total. The Morgan fingerprint density at radius 2 is 1.87 bits per heavy atom. The van der Waals surface area contributed by atoms with E-state index < -0.39 is 4.92 Å². The molecule has 0 saturated carbocycles. The highest BCUT2D eigenvalue weighted by atomic mass is 16.6. The van der Waals surface area contributed by atoms with Crippen molar-refractivity contribution in [2.24, 2.45) is 0 Å². The molecule has 0 unspecified atom stereocenters. The van der Waals surface area contributed by atoms with Gasteiger partial charge in [-0.2, -0.15) is 4.98 Å². The zero-order valence-corrected chi connectivity index (χ0v) is 12.6. The first-order valence-corrected chi connectivity index (χ1v) is 7.78. The molecule has 0 radical (unpaired) electrons. The van der Waals surface area contributed by atoms with Crippen LogP contribution in [0, 0.1) is 10.1 Å². The molecule has 2 bridgehead atoms. The summed E-state index contributed by atoms with van der Waals surface area (Å²) < 4.78 is 5.37. The second kappa shape index (κ2) is 5.62. The minimum absolute atomic E-state index is 0.0482. The van der Waals surface area contributed by atoms with E-state index in [4.69, 9.17) is 4.52 Å². The monoisotopic (exact) mass is 315 g/mol. The third-order valence-corrected chi connectivity index (χ3v) is 4.65. The fourth-order valence-corrected chi connectivity index (χ4v) is 3.32. The van der Waals surface area contributed by atoms with Crippen LogP contribution in [0.25, 0.3) is 11.5 Å². The van der Waals surface area contributed by atoms with Gasteiger partial charge in [-0.1, -0.05) is 0 Å². The number of nitrogens with zero attached hydrogens (tertiary/aromatic N) is 5. The van der Waals surface area contributed by atoms with E-state index in [1.54, 1.807) is 12.1 Å². The highest BCUT2D eigenvalue weighted by Gasteiger charge is 2.31. The number of aromatic nitrogens is 2. The van der Waals surface area contributed by atoms with Crippen LogP contribution < -0.4 is 4.90 Å². The number of nitro benzene ring substituents is 1. The Balaban J connectivity index is 1.57. The molecule has 23 heavy (non-hydrogen) atoms. The molecule has 0 N–H and O–H groups in total. The van der Waals surface area contributed by atoms with E-state index in [1.165, 1.54) is 12.1 Å². The van der Waals surface area contributed by atoms with Crippen molar-refractivity contribution in [3.05, 3.63) is 34.4 Å². The molecule has 0 amide bonds. The Kier molecular flexibility index (Phi) is 3.45. The maximum absolute atomic E-state index is 10.7. The van der Waals surface area contributed by atoms with E-state index in [0.29, 0.717) is 23.4 Å². The summed E-state index contributed by atoms with van der Waals surface area (Å²) >= 11 is 0. The lowest BCUT2D eigenvalue weighted by Crippen LogP contribution is -2.38. The fourth-order valence-electron chi connectivity index (χ4n) is 3.32. The number of fused-ring (bicyclic) bond motifs is 4. The average Bonchev–Trinajstić information content (AvgIpc) is 2.87. The lowest BCUT2D eigenvalue weighted by atomic mass is 10.1. The van der Waals surface area contributed by atoms with E-state index in [9.17, 15) is 10.1 Å². The topological polar surface area (TPSA) is 88.5 Å². The van der Waals surface area contributed by atoms with Gasteiger partial charge in [0.15, 0.2) is 0 Å². The van der Waals surface area contributed by atoms with Crippen molar-refractivity contribution < 1.29 is 9.45 Å². The number of anilines is 1. The Hall–Kier alpha value is -2.48. The zero-order valence-electron chi connectivity index (χ0n) is 12.6. The van der Waals surface area contributed by atoms with E-state index >= 15 is 0 Å². The van der Waals surface area contributed by atoms with E-state index in [2.05, 4.69) is 19.9 Å². The standard InChI is InChI=1S/C15H17N5O3/c21-20(22)13-3-1-11(2-4-13)14-16-15(17-23-14)19-10-9-18-7-5-12(19)6-8-18/h1-4,12H,5-10H2. The highest BCUT2D eigenvalue weighted by molar-refractivity contribution is 5.57. The first-order valence-electron chi connectivity index (χ1n) is 7.78. The first kappa shape index (κ1) is 14.1. The summed E-state index contributed by atoms with van der Waals surface area (Å²) in [5.74, 6) is 1.01. The number of rotatable bonds is 3. The molecule has 3 saturated heterocycles. The summed E-state index contributed by atoms with van der Waals surface area (Å²) in [5, 5.41) is 14.8. The summed E-state index contributed by atoms with van der Waals surface area (Å²) in [4.78, 5) is 19.5. The SMILES string of the molecule is O=[N+]([O-])c1ccc(-c2nc(N3CCN4CCC3CC4)no2)cc1. The van der Waals surface area contributed by atoms with Crippen LogP contribution in [0.2, 0.25) is 0 Å². The molecular weight excluding hydrogens is 298 g/mol. The zero-order chi connectivity index (χ0) is 15.8. The second-order valence-corrected chi connectivity index (χ2v) is 5.97. The van der Waals surface area contributed by atoms with Gasteiger partial charge in [-0.3, -0.25) is 10.1 Å². The van der Waals surface area contributed by atoms with Gasteiger partial charge in [0.1, 0.15) is 0 Å². The normalized spacial score (nSPS) is 23.7. The number of hydrogen-bond donors (Lipinski definition) is 0. The summed E-state index contributed by atoms with van der Waals surface area (Å²) in [6.07, 6.45) is 2.25. The van der Waals surface area contributed by atoms with Crippen LogP contribution in [-0.2, 0) is 0 Å². The summed E-state index contributed by atoms with van der Waals surface area (Å²) in [6, 6.07) is 6.63. The lowest BCUT2D eigenvalue weighted by molar-refractivity contribution is -0.384. The molecule has 0 spiro atoms. The van der Waals surface area contributed by atoms with Crippen LogP contribution in [0.4, 0.5) is 11.6 Å². The predicted octanol–water partition coefficient (Wildman–Crippen LogP) is 1.93. The fraction of sp³-hybridized carbons (Fsp3) is 0.467. The number of hydrogen-bond acceptors (Lipinski definition) is 7. The van der Waals surface area contributed by atoms with Gasteiger partial charge in [0, 0.05) is 49.9 Å². The van der Waals surface area contributed by atoms with Gasteiger partial charge in [0.2, 0.25) is 0 Å². The molecule has 3 aliphatic heterocycles. The molecule has 3 aliphatic rings. The Morgan fingerprint density at radius 1 is 1.13 bits per heavy atom. The molecular formula is C15H17N5O3. The van der Waals surface area contributed by atoms with E-state index in [0.717, 1.165) is 39.0 Å². The Labute approximate surface area is 132 Å². The van der Waals surface area contributed by atoms with Gasteiger partial charge in [0.05, 0.1) is 4.92 Å². The van der Waals surface area contributed by atoms with Crippen molar-refractivity contribution in [2.75, 3.05) is 31.1 Å². The van der Waals surface area contributed by atoms with Gasteiger partial charge >= 0.3 is 0 Å². The molecule has 2 aromatic rings. The van der Waals surface area contributed by atoms with E-state index in [1.807, 2.05) is 0 Å². The molecule has 120 valence electrons. The van der Waals surface area contributed by atoms with Crippen molar-refractivity contribution in [1.29, 1.82) is 0 Å². The molecule has 8 heteroatoms. The van der Waals surface area contributed by atoms with Crippen molar-refractivity contribution in [3.8, 4) is 11.5 Å².